The largest absolute Gasteiger partial charge is 0.398 e. The number of hydrogen-bond donors (Lipinski definition) is 1. The Bertz CT molecular complexity index is 416. The van der Waals surface area contributed by atoms with E-state index in [1.807, 2.05) is 29.2 Å². The Hall–Kier alpha value is -1.51. The molecule has 2 fully saturated rings. The molecule has 3 rings (SSSR count). The van der Waals surface area contributed by atoms with Crippen molar-refractivity contribution in [1.29, 1.82) is 0 Å². The van der Waals surface area contributed by atoms with Crippen LogP contribution in [0.4, 0.5) is 5.69 Å². The summed E-state index contributed by atoms with van der Waals surface area (Å²) in [5, 5.41) is 0. The molecule has 3 heteroatoms. The van der Waals surface area contributed by atoms with E-state index in [-0.39, 0.29) is 0 Å². The van der Waals surface area contributed by atoms with E-state index in [0.717, 1.165) is 24.2 Å². The summed E-state index contributed by atoms with van der Waals surface area (Å²) in [6, 6.07) is 7.76. The minimum atomic E-state index is 0.322. The number of amides is 1. The maximum atomic E-state index is 11.7. The van der Waals surface area contributed by atoms with E-state index in [1.165, 1.54) is 0 Å². The second-order valence-corrected chi connectivity index (χ2v) is 4.52. The zero-order valence-corrected chi connectivity index (χ0v) is 8.52. The number of benzene rings is 1. The van der Waals surface area contributed by atoms with Crippen molar-refractivity contribution in [3.8, 4) is 0 Å². The van der Waals surface area contributed by atoms with Gasteiger partial charge < -0.3 is 10.6 Å². The molecule has 2 atom stereocenters. The molecule has 0 radical (unpaired) electrons. The van der Waals surface area contributed by atoms with Crippen molar-refractivity contribution in [2.24, 2.45) is 11.8 Å². The van der Waals surface area contributed by atoms with Crippen molar-refractivity contribution in [3.05, 3.63) is 29.8 Å². The van der Waals surface area contributed by atoms with Crippen LogP contribution in [0.15, 0.2) is 24.3 Å². The number of carbonyl (C=O) groups is 1. The van der Waals surface area contributed by atoms with E-state index < -0.39 is 0 Å². The number of fused-ring (bicyclic) bond motifs is 1. The van der Waals surface area contributed by atoms with Crippen molar-refractivity contribution in [3.63, 3.8) is 0 Å². The quantitative estimate of drug-likeness (QED) is 0.733. The summed E-state index contributed by atoms with van der Waals surface area (Å²) in [6.45, 7) is 1.61. The first kappa shape index (κ1) is 8.77. The molecule has 15 heavy (non-hydrogen) atoms. The van der Waals surface area contributed by atoms with Gasteiger partial charge in [-0.2, -0.15) is 0 Å². The molecule has 2 aliphatic rings. The van der Waals surface area contributed by atoms with Gasteiger partial charge in [0.25, 0.3) is 0 Å². The van der Waals surface area contributed by atoms with Gasteiger partial charge in [-0.3, -0.25) is 4.79 Å². The van der Waals surface area contributed by atoms with E-state index in [0.29, 0.717) is 24.3 Å². The van der Waals surface area contributed by atoms with Crippen molar-refractivity contribution in [2.75, 3.05) is 12.3 Å². The molecule has 2 unspecified atom stereocenters. The van der Waals surface area contributed by atoms with Gasteiger partial charge in [0.15, 0.2) is 0 Å². The highest BCUT2D eigenvalue weighted by Crippen LogP contribution is 2.46. The molecule has 0 aromatic heterocycles. The molecule has 1 aliphatic heterocycles. The van der Waals surface area contributed by atoms with E-state index in [1.54, 1.807) is 0 Å². The first-order chi connectivity index (χ1) is 7.25. The lowest BCUT2D eigenvalue weighted by molar-refractivity contribution is -0.130. The maximum Gasteiger partial charge on any atom is 0.226 e. The molecule has 3 nitrogen and oxygen atoms in total. The summed E-state index contributed by atoms with van der Waals surface area (Å²) in [6.07, 6.45) is 1.11. The van der Waals surface area contributed by atoms with Crippen LogP contribution in [0, 0.1) is 11.8 Å². The predicted molar refractivity (Wildman–Crippen MR) is 57.9 cm³/mol. The van der Waals surface area contributed by atoms with E-state index >= 15 is 0 Å². The molecular formula is C12H14N2O. The van der Waals surface area contributed by atoms with Crippen LogP contribution < -0.4 is 5.73 Å². The van der Waals surface area contributed by atoms with Crippen molar-refractivity contribution in [1.82, 2.24) is 4.90 Å². The number of piperidine rings is 1. The lowest BCUT2D eigenvalue weighted by Crippen LogP contribution is -2.28. The molecule has 1 heterocycles. The number of rotatable bonds is 2. The summed E-state index contributed by atoms with van der Waals surface area (Å²) >= 11 is 0. The number of likely N-dealkylation sites (tertiary alicyclic amines) is 1. The Morgan fingerprint density at radius 1 is 1.40 bits per heavy atom. The Kier molecular flexibility index (Phi) is 1.75. The Balaban J connectivity index is 1.76. The number of carbonyl (C=O) groups excluding carboxylic acids is 1. The normalized spacial score (nSPS) is 28.0. The summed E-state index contributed by atoms with van der Waals surface area (Å²) < 4.78 is 0. The maximum absolute atomic E-state index is 11.7. The fourth-order valence-electron chi connectivity index (χ4n) is 2.39. The average molecular weight is 202 g/mol. The van der Waals surface area contributed by atoms with Gasteiger partial charge in [0, 0.05) is 24.7 Å². The van der Waals surface area contributed by atoms with Gasteiger partial charge in [0.2, 0.25) is 5.91 Å². The van der Waals surface area contributed by atoms with Gasteiger partial charge in [-0.15, -0.1) is 0 Å². The second-order valence-electron chi connectivity index (χ2n) is 4.52. The van der Waals surface area contributed by atoms with Crippen LogP contribution in [-0.2, 0) is 11.3 Å². The highest BCUT2D eigenvalue weighted by atomic mass is 16.2. The number of para-hydroxylation sites is 1. The van der Waals surface area contributed by atoms with Gasteiger partial charge in [-0.25, -0.2) is 0 Å². The fourth-order valence-corrected chi connectivity index (χ4v) is 2.39. The van der Waals surface area contributed by atoms with Gasteiger partial charge in [-0.05, 0) is 24.0 Å². The molecule has 1 aromatic rings. The average Bonchev–Trinajstić information content (AvgIpc) is 2.92. The fraction of sp³-hybridized carbons (Fsp3) is 0.417. The summed E-state index contributed by atoms with van der Waals surface area (Å²) in [4.78, 5) is 13.7. The first-order valence-corrected chi connectivity index (χ1v) is 5.38. The first-order valence-electron chi connectivity index (χ1n) is 5.38. The smallest absolute Gasteiger partial charge is 0.226 e. The SMILES string of the molecule is Nc1ccccc1CN1CC2CC2C1=O. The second kappa shape index (κ2) is 2.99. The third kappa shape index (κ3) is 1.39. The van der Waals surface area contributed by atoms with Crippen LogP contribution >= 0.6 is 0 Å². The molecule has 1 saturated carbocycles. The van der Waals surface area contributed by atoms with Crippen LogP contribution in [0.2, 0.25) is 0 Å². The van der Waals surface area contributed by atoms with Crippen molar-refractivity contribution in [2.45, 2.75) is 13.0 Å². The van der Waals surface area contributed by atoms with Crippen LogP contribution in [0.25, 0.3) is 0 Å². The Morgan fingerprint density at radius 3 is 2.87 bits per heavy atom. The summed E-state index contributed by atoms with van der Waals surface area (Å²) in [5.74, 6) is 1.31. The van der Waals surface area contributed by atoms with Gasteiger partial charge in [-0.1, -0.05) is 18.2 Å². The third-order valence-electron chi connectivity index (χ3n) is 3.42. The summed E-state index contributed by atoms with van der Waals surface area (Å²) in [7, 11) is 0. The van der Waals surface area contributed by atoms with Gasteiger partial charge in [0.1, 0.15) is 0 Å². The molecule has 0 spiro atoms. The minimum absolute atomic E-state index is 0.322. The zero-order valence-electron chi connectivity index (χ0n) is 8.52. The zero-order chi connectivity index (χ0) is 10.4. The molecule has 1 aromatic carbocycles. The lowest BCUT2D eigenvalue weighted by atomic mass is 10.1. The Morgan fingerprint density at radius 2 is 2.20 bits per heavy atom. The van der Waals surface area contributed by atoms with Gasteiger partial charge in [0.05, 0.1) is 0 Å². The third-order valence-corrected chi connectivity index (χ3v) is 3.42. The molecule has 2 N–H and O–H groups in total. The van der Waals surface area contributed by atoms with E-state index in [2.05, 4.69) is 0 Å². The number of hydrogen-bond acceptors (Lipinski definition) is 2. The minimum Gasteiger partial charge on any atom is -0.398 e. The van der Waals surface area contributed by atoms with Crippen molar-refractivity contribution >= 4 is 11.6 Å². The molecule has 0 bridgehead atoms. The number of nitrogens with two attached hydrogens (primary N) is 1. The number of anilines is 1. The highest BCUT2D eigenvalue weighted by Gasteiger charge is 2.51. The summed E-state index contributed by atoms with van der Waals surface area (Å²) in [5.41, 5.74) is 7.70. The van der Waals surface area contributed by atoms with Crippen LogP contribution in [0.1, 0.15) is 12.0 Å². The highest BCUT2D eigenvalue weighted by molar-refractivity contribution is 5.84. The molecule has 1 amide bonds. The molecule has 78 valence electrons. The van der Waals surface area contributed by atoms with E-state index in [4.69, 9.17) is 5.73 Å². The van der Waals surface area contributed by atoms with E-state index in [9.17, 15) is 4.79 Å². The monoisotopic (exact) mass is 202 g/mol. The molecule has 1 saturated heterocycles. The van der Waals surface area contributed by atoms with Crippen LogP contribution in [0.3, 0.4) is 0 Å². The van der Waals surface area contributed by atoms with Crippen LogP contribution in [-0.4, -0.2) is 17.4 Å². The molecular weight excluding hydrogens is 188 g/mol. The Labute approximate surface area is 88.9 Å². The van der Waals surface area contributed by atoms with Crippen LogP contribution in [0.5, 0.6) is 0 Å². The van der Waals surface area contributed by atoms with Crippen molar-refractivity contribution < 1.29 is 4.79 Å². The number of nitrogen functional groups attached to an aromatic ring is 1. The standard InChI is InChI=1S/C12H14N2O/c13-11-4-2-1-3-8(11)6-14-7-9-5-10(9)12(14)15/h1-4,9-10H,5-7,13H2. The topological polar surface area (TPSA) is 46.3 Å². The molecule has 1 aliphatic carbocycles. The number of nitrogens with zero attached hydrogens (tertiary/aromatic N) is 1. The van der Waals surface area contributed by atoms with Gasteiger partial charge >= 0.3 is 0 Å². The predicted octanol–water partition coefficient (Wildman–Crippen LogP) is 1.25. The lowest BCUT2D eigenvalue weighted by Gasteiger charge is -2.19.